The Bertz CT molecular complexity index is 1390. The Labute approximate surface area is 221 Å². The summed E-state index contributed by atoms with van der Waals surface area (Å²) in [5.74, 6) is 0.140. The van der Waals surface area contributed by atoms with Gasteiger partial charge in [-0.3, -0.25) is 9.59 Å². The number of amides is 2. The van der Waals surface area contributed by atoms with E-state index in [1.54, 1.807) is 23.1 Å². The molecule has 2 aliphatic rings. The zero-order chi connectivity index (χ0) is 26.8. The number of piperidine rings is 1. The Morgan fingerprint density at radius 3 is 2.41 bits per heavy atom. The van der Waals surface area contributed by atoms with Gasteiger partial charge in [0.1, 0.15) is 0 Å². The molecule has 0 unspecified atom stereocenters. The highest BCUT2D eigenvalue weighted by Crippen LogP contribution is 2.31. The molecule has 1 aromatic heterocycles. The minimum Gasteiger partial charge on any atom is -0.355 e. The number of carbonyl (C=O) groups is 2. The van der Waals surface area contributed by atoms with Crippen molar-refractivity contribution < 1.29 is 26.4 Å². The van der Waals surface area contributed by atoms with Crippen molar-refractivity contribution in [2.24, 2.45) is 5.92 Å². The molecule has 1 aromatic carbocycles. The minimum absolute atomic E-state index is 0.00993. The number of rotatable bonds is 6. The number of hydrogen-bond donors (Lipinski definition) is 1. The number of aromatic nitrogens is 1. The lowest BCUT2D eigenvalue weighted by molar-refractivity contribution is -0.132. The lowest BCUT2D eigenvalue weighted by Crippen LogP contribution is -2.45. The second kappa shape index (κ2) is 11.0. The Kier molecular flexibility index (Phi) is 8.10. The van der Waals surface area contributed by atoms with Crippen LogP contribution in [0.3, 0.4) is 0 Å². The predicted octanol–water partition coefficient (Wildman–Crippen LogP) is 2.25. The standard InChI is InChI=1S/C24H29ClN4O6S2/c1-36(32,33)20-15-21(27-24(31)18-3-2-4-19(25)14-18)23(26-16-20)29-7-5-17(6-8-29)13-22(30)28-9-11-37(34,35)12-10-28/h2-4,14-17H,5-13H2,1H3,(H,27,31). The van der Waals surface area contributed by atoms with Crippen LogP contribution in [-0.2, 0) is 24.5 Å². The van der Waals surface area contributed by atoms with Gasteiger partial charge in [-0.1, -0.05) is 17.7 Å². The van der Waals surface area contributed by atoms with E-state index in [2.05, 4.69) is 10.3 Å². The maximum absolute atomic E-state index is 12.9. The topological polar surface area (TPSA) is 134 Å². The molecule has 10 nitrogen and oxygen atoms in total. The van der Waals surface area contributed by atoms with Gasteiger partial charge in [0.25, 0.3) is 5.91 Å². The average molecular weight is 569 g/mol. The lowest BCUT2D eigenvalue weighted by Gasteiger charge is -2.35. The maximum atomic E-state index is 12.9. The third kappa shape index (κ3) is 6.99. The molecule has 4 rings (SSSR count). The van der Waals surface area contributed by atoms with Crippen molar-refractivity contribution in [1.82, 2.24) is 9.88 Å². The summed E-state index contributed by atoms with van der Waals surface area (Å²) < 4.78 is 47.5. The van der Waals surface area contributed by atoms with Gasteiger partial charge in [0.15, 0.2) is 25.5 Å². The molecule has 200 valence electrons. The fourth-order valence-electron chi connectivity index (χ4n) is 4.50. The number of anilines is 2. The van der Waals surface area contributed by atoms with E-state index in [4.69, 9.17) is 11.6 Å². The predicted molar refractivity (Wildman–Crippen MR) is 142 cm³/mol. The van der Waals surface area contributed by atoms with Gasteiger partial charge < -0.3 is 15.1 Å². The third-order valence-electron chi connectivity index (χ3n) is 6.68. The first-order chi connectivity index (χ1) is 17.4. The molecular formula is C24H29ClN4O6S2. The number of pyridine rings is 1. The molecule has 2 fully saturated rings. The first-order valence-electron chi connectivity index (χ1n) is 11.9. The van der Waals surface area contributed by atoms with E-state index in [0.29, 0.717) is 48.8 Å². The van der Waals surface area contributed by atoms with E-state index >= 15 is 0 Å². The summed E-state index contributed by atoms with van der Waals surface area (Å²) in [6, 6.07) is 7.83. The van der Waals surface area contributed by atoms with E-state index < -0.39 is 25.6 Å². The summed E-state index contributed by atoms with van der Waals surface area (Å²) in [6.07, 6.45) is 4.11. The molecular weight excluding hydrogens is 540 g/mol. The summed E-state index contributed by atoms with van der Waals surface area (Å²) in [6.45, 7) is 1.62. The van der Waals surface area contributed by atoms with Gasteiger partial charge in [-0.25, -0.2) is 21.8 Å². The zero-order valence-corrected chi connectivity index (χ0v) is 22.8. The van der Waals surface area contributed by atoms with Crippen LogP contribution in [0.4, 0.5) is 11.5 Å². The molecule has 2 aliphatic heterocycles. The van der Waals surface area contributed by atoms with Gasteiger partial charge in [0.05, 0.1) is 22.1 Å². The van der Waals surface area contributed by atoms with Crippen LogP contribution >= 0.6 is 11.6 Å². The van der Waals surface area contributed by atoms with Gasteiger partial charge in [-0.2, -0.15) is 0 Å². The number of hydrogen-bond acceptors (Lipinski definition) is 8. The third-order valence-corrected chi connectivity index (χ3v) is 9.60. The molecule has 3 heterocycles. The largest absolute Gasteiger partial charge is 0.355 e. The van der Waals surface area contributed by atoms with Gasteiger partial charge in [-0.15, -0.1) is 0 Å². The summed E-state index contributed by atoms with van der Waals surface area (Å²) >= 11 is 6.01. The fourth-order valence-corrected chi connectivity index (χ4v) is 6.46. The van der Waals surface area contributed by atoms with Crippen molar-refractivity contribution in [1.29, 1.82) is 0 Å². The van der Waals surface area contributed by atoms with E-state index in [-0.39, 0.29) is 47.0 Å². The van der Waals surface area contributed by atoms with Crippen LogP contribution in [0.1, 0.15) is 29.6 Å². The lowest BCUT2D eigenvalue weighted by atomic mass is 9.93. The Balaban J connectivity index is 1.45. The highest BCUT2D eigenvalue weighted by Gasteiger charge is 2.29. The highest BCUT2D eigenvalue weighted by molar-refractivity contribution is 7.91. The maximum Gasteiger partial charge on any atom is 0.255 e. The van der Waals surface area contributed by atoms with Crippen LogP contribution in [0.5, 0.6) is 0 Å². The van der Waals surface area contributed by atoms with E-state index in [1.807, 2.05) is 4.90 Å². The summed E-state index contributed by atoms with van der Waals surface area (Å²) in [5, 5.41) is 3.18. The van der Waals surface area contributed by atoms with E-state index in [1.165, 1.54) is 18.3 Å². The Morgan fingerprint density at radius 1 is 1.11 bits per heavy atom. The second-order valence-corrected chi connectivity index (χ2v) is 14.2. The van der Waals surface area contributed by atoms with Crippen LogP contribution in [0, 0.1) is 5.92 Å². The van der Waals surface area contributed by atoms with Crippen LogP contribution < -0.4 is 10.2 Å². The van der Waals surface area contributed by atoms with Crippen molar-refractivity contribution in [2.45, 2.75) is 24.2 Å². The molecule has 0 aliphatic carbocycles. The van der Waals surface area contributed by atoms with Crippen molar-refractivity contribution in [3.05, 3.63) is 47.1 Å². The first kappa shape index (κ1) is 27.3. The summed E-state index contributed by atoms with van der Waals surface area (Å²) in [4.78, 5) is 33.5. The number of nitrogens with zero attached hydrogens (tertiary/aromatic N) is 3. The quantitative estimate of drug-likeness (QED) is 0.561. The molecule has 0 saturated carbocycles. The molecule has 0 atom stereocenters. The Hall–Kier alpha value is -2.70. The van der Waals surface area contributed by atoms with Crippen molar-refractivity contribution >= 4 is 54.6 Å². The molecule has 2 saturated heterocycles. The molecule has 37 heavy (non-hydrogen) atoms. The van der Waals surface area contributed by atoms with Crippen molar-refractivity contribution in [2.75, 3.05) is 54.2 Å². The van der Waals surface area contributed by atoms with Crippen LogP contribution in [0.25, 0.3) is 0 Å². The number of benzene rings is 1. The number of sulfone groups is 2. The van der Waals surface area contributed by atoms with Crippen molar-refractivity contribution in [3.63, 3.8) is 0 Å². The molecule has 0 radical (unpaired) electrons. The summed E-state index contributed by atoms with van der Waals surface area (Å²) in [5.41, 5.74) is 0.600. The normalized spacial score (nSPS) is 18.4. The average Bonchev–Trinajstić information content (AvgIpc) is 2.84. The SMILES string of the molecule is CS(=O)(=O)c1cnc(N2CCC(CC(=O)N3CCS(=O)(=O)CC3)CC2)c(NC(=O)c2cccc(Cl)c2)c1. The van der Waals surface area contributed by atoms with Gasteiger partial charge in [-0.05, 0) is 43.0 Å². The van der Waals surface area contributed by atoms with Crippen LogP contribution in [-0.4, -0.2) is 82.5 Å². The Morgan fingerprint density at radius 2 is 1.78 bits per heavy atom. The summed E-state index contributed by atoms with van der Waals surface area (Å²) in [7, 11) is -6.60. The van der Waals surface area contributed by atoms with Gasteiger partial charge >= 0.3 is 0 Å². The monoisotopic (exact) mass is 568 g/mol. The molecule has 0 bridgehead atoms. The highest BCUT2D eigenvalue weighted by atomic mass is 35.5. The fraction of sp³-hybridized carbons (Fsp3) is 0.458. The first-order valence-corrected chi connectivity index (χ1v) is 16.0. The molecule has 13 heteroatoms. The van der Waals surface area contributed by atoms with Crippen LogP contribution in [0.15, 0.2) is 41.4 Å². The van der Waals surface area contributed by atoms with Crippen LogP contribution in [0.2, 0.25) is 5.02 Å². The molecule has 0 spiro atoms. The number of carbonyl (C=O) groups excluding carboxylic acids is 2. The van der Waals surface area contributed by atoms with Crippen molar-refractivity contribution in [3.8, 4) is 0 Å². The molecule has 2 amide bonds. The molecule has 1 N–H and O–H groups in total. The second-order valence-electron chi connectivity index (χ2n) is 9.45. The number of nitrogens with one attached hydrogen (secondary N) is 1. The van der Waals surface area contributed by atoms with Gasteiger partial charge in [0, 0.05) is 55.6 Å². The molecule has 2 aromatic rings. The number of halogens is 1. The van der Waals surface area contributed by atoms with Gasteiger partial charge in [0.2, 0.25) is 5.91 Å². The zero-order valence-electron chi connectivity index (χ0n) is 20.4. The minimum atomic E-state index is -3.55. The van der Waals surface area contributed by atoms with E-state index in [0.717, 1.165) is 6.26 Å². The smallest absolute Gasteiger partial charge is 0.255 e. The van der Waals surface area contributed by atoms with E-state index in [9.17, 15) is 26.4 Å².